The van der Waals surface area contributed by atoms with E-state index in [-0.39, 0.29) is 0 Å². The summed E-state index contributed by atoms with van der Waals surface area (Å²) in [5, 5.41) is 8.99. The van der Waals surface area contributed by atoms with E-state index < -0.39 is 0 Å². The first kappa shape index (κ1) is 12.3. The number of ether oxygens (including phenoxy) is 1. The number of hydrogen-bond acceptors (Lipinski definition) is 3. The molecule has 2 aromatic heterocycles. The Labute approximate surface area is 119 Å². The summed E-state index contributed by atoms with van der Waals surface area (Å²) in [6.07, 6.45) is 0. The van der Waals surface area contributed by atoms with Gasteiger partial charge in [-0.25, -0.2) is 4.98 Å². The summed E-state index contributed by atoms with van der Waals surface area (Å²) in [5.41, 5.74) is 1.44. The zero-order chi connectivity index (χ0) is 13.2. The van der Waals surface area contributed by atoms with Crippen molar-refractivity contribution >= 4 is 34.2 Å². The molecule has 3 aromatic rings. The number of benzene rings is 1. The van der Waals surface area contributed by atoms with E-state index in [4.69, 9.17) is 27.9 Å². The molecule has 1 aromatic carbocycles. The number of halogens is 2. The Bertz CT molecular complexity index is 709. The number of nitrogens with one attached hydrogen (secondary N) is 1. The highest BCUT2D eigenvalue weighted by molar-refractivity contribution is 6.30. The smallest absolute Gasteiger partial charge is 0.182 e. The van der Waals surface area contributed by atoms with Crippen molar-refractivity contribution in [2.75, 3.05) is 0 Å². The molecule has 4 nitrogen and oxygen atoms in total. The van der Waals surface area contributed by atoms with E-state index in [0.717, 1.165) is 16.8 Å². The van der Waals surface area contributed by atoms with E-state index >= 15 is 0 Å². The van der Waals surface area contributed by atoms with Crippen LogP contribution in [0.4, 0.5) is 0 Å². The van der Waals surface area contributed by atoms with E-state index in [0.29, 0.717) is 22.4 Å². The standard InChI is InChI=1S/C13H9Cl2N3O/c14-8-1-3-9(4-2-8)19-7-11-10-5-6-12(15)16-13(10)18-17-11/h1-6H,7H2,(H,16,17,18). The fraction of sp³-hybridized carbons (Fsp3) is 0.0769. The van der Waals surface area contributed by atoms with Crippen molar-refractivity contribution in [3.05, 3.63) is 52.3 Å². The molecule has 3 rings (SSSR count). The average Bonchev–Trinajstić information content (AvgIpc) is 2.80. The minimum absolute atomic E-state index is 0.376. The molecule has 96 valence electrons. The van der Waals surface area contributed by atoms with Crippen LogP contribution in [0.1, 0.15) is 5.69 Å². The maximum atomic E-state index is 5.81. The molecule has 0 fully saturated rings. The Morgan fingerprint density at radius 2 is 1.84 bits per heavy atom. The quantitative estimate of drug-likeness (QED) is 0.747. The lowest BCUT2D eigenvalue weighted by Crippen LogP contribution is -1.96. The van der Waals surface area contributed by atoms with Crippen LogP contribution in [0.5, 0.6) is 5.75 Å². The van der Waals surface area contributed by atoms with Gasteiger partial charge in [-0.05, 0) is 36.4 Å². The van der Waals surface area contributed by atoms with Gasteiger partial charge in [0.25, 0.3) is 0 Å². The Morgan fingerprint density at radius 3 is 2.63 bits per heavy atom. The van der Waals surface area contributed by atoms with Gasteiger partial charge in [-0.1, -0.05) is 23.2 Å². The minimum atomic E-state index is 0.376. The Balaban J connectivity index is 1.80. The van der Waals surface area contributed by atoms with E-state index in [2.05, 4.69) is 15.2 Å². The number of rotatable bonds is 3. The largest absolute Gasteiger partial charge is 0.487 e. The van der Waals surface area contributed by atoms with Crippen molar-refractivity contribution in [1.29, 1.82) is 0 Å². The molecule has 0 aliphatic heterocycles. The number of aromatic nitrogens is 3. The van der Waals surface area contributed by atoms with Gasteiger partial charge in [0.05, 0.1) is 5.69 Å². The molecular formula is C13H9Cl2N3O. The van der Waals surface area contributed by atoms with Crippen molar-refractivity contribution in [2.45, 2.75) is 6.61 Å². The molecule has 2 heterocycles. The number of aromatic amines is 1. The van der Waals surface area contributed by atoms with Crippen LogP contribution in [0.25, 0.3) is 11.0 Å². The predicted octanol–water partition coefficient (Wildman–Crippen LogP) is 3.84. The van der Waals surface area contributed by atoms with Crippen molar-refractivity contribution in [2.24, 2.45) is 0 Å². The summed E-state index contributed by atoms with van der Waals surface area (Å²) in [6.45, 7) is 0.376. The van der Waals surface area contributed by atoms with Gasteiger partial charge in [0, 0.05) is 10.4 Å². The van der Waals surface area contributed by atoms with E-state index in [1.807, 2.05) is 18.2 Å². The van der Waals surface area contributed by atoms with Gasteiger partial charge >= 0.3 is 0 Å². The van der Waals surface area contributed by atoms with Crippen molar-refractivity contribution in [3.8, 4) is 5.75 Å². The fourth-order valence-electron chi connectivity index (χ4n) is 1.72. The second-order valence-electron chi connectivity index (χ2n) is 3.95. The number of H-pyrrole nitrogens is 1. The minimum Gasteiger partial charge on any atom is -0.487 e. The fourth-order valence-corrected chi connectivity index (χ4v) is 1.99. The normalized spacial score (nSPS) is 10.8. The van der Waals surface area contributed by atoms with Gasteiger partial charge in [-0.15, -0.1) is 0 Å². The number of fused-ring (bicyclic) bond motifs is 1. The molecule has 0 bridgehead atoms. The van der Waals surface area contributed by atoms with Crippen LogP contribution >= 0.6 is 23.2 Å². The SMILES string of the molecule is Clc1ccc(OCc2[nH]nc3nc(Cl)ccc23)cc1. The van der Waals surface area contributed by atoms with Gasteiger partial charge in [-0.2, -0.15) is 5.10 Å². The molecule has 0 aliphatic carbocycles. The zero-order valence-electron chi connectivity index (χ0n) is 9.73. The first-order valence-electron chi connectivity index (χ1n) is 5.60. The van der Waals surface area contributed by atoms with Gasteiger partial charge < -0.3 is 4.74 Å². The zero-order valence-corrected chi connectivity index (χ0v) is 11.2. The lowest BCUT2D eigenvalue weighted by Gasteiger charge is -2.04. The number of nitrogens with zero attached hydrogens (tertiary/aromatic N) is 2. The van der Waals surface area contributed by atoms with Crippen LogP contribution < -0.4 is 4.74 Å². The second-order valence-corrected chi connectivity index (χ2v) is 4.77. The van der Waals surface area contributed by atoms with Crippen LogP contribution in [0.2, 0.25) is 10.2 Å². The van der Waals surface area contributed by atoms with Gasteiger partial charge in [0.1, 0.15) is 17.5 Å². The molecule has 0 radical (unpaired) electrons. The Morgan fingerprint density at radius 1 is 1.05 bits per heavy atom. The molecule has 0 amide bonds. The maximum Gasteiger partial charge on any atom is 0.182 e. The second kappa shape index (κ2) is 5.07. The van der Waals surface area contributed by atoms with Crippen LogP contribution in [0.15, 0.2) is 36.4 Å². The average molecular weight is 294 g/mol. The summed E-state index contributed by atoms with van der Waals surface area (Å²) >= 11 is 11.6. The summed E-state index contributed by atoms with van der Waals surface area (Å²) in [4.78, 5) is 4.11. The highest BCUT2D eigenvalue weighted by Crippen LogP contribution is 2.20. The molecule has 0 saturated carbocycles. The van der Waals surface area contributed by atoms with E-state index in [9.17, 15) is 0 Å². The molecule has 19 heavy (non-hydrogen) atoms. The summed E-state index contributed by atoms with van der Waals surface area (Å²) in [5.74, 6) is 0.745. The van der Waals surface area contributed by atoms with Crippen LogP contribution in [0.3, 0.4) is 0 Å². The third kappa shape index (κ3) is 2.64. The molecule has 0 aliphatic rings. The highest BCUT2D eigenvalue weighted by atomic mass is 35.5. The molecule has 6 heteroatoms. The molecular weight excluding hydrogens is 285 g/mol. The van der Waals surface area contributed by atoms with Crippen LogP contribution in [-0.4, -0.2) is 15.2 Å². The third-order valence-electron chi connectivity index (χ3n) is 2.66. The monoisotopic (exact) mass is 293 g/mol. The summed E-state index contributed by atoms with van der Waals surface area (Å²) in [7, 11) is 0. The number of hydrogen-bond donors (Lipinski definition) is 1. The number of pyridine rings is 1. The summed E-state index contributed by atoms with van der Waals surface area (Å²) < 4.78 is 5.65. The molecule has 0 unspecified atom stereocenters. The van der Waals surface area contributed by atoms with Crippen molar-refractivity contribution in [1.82, 2.24) is 15.2 Å². The van der Waals surface area contributed by atoms with Crippen LogP contribution in [0, 0.1) is 0 Å². The highest BCUT2D eigenvalue weighted by Gasteiger charge is 2.07. The lowest BCUT2D eigenvalue weighted by atomic mass is 10.3. The topological polar surface area (TPSA) is 50.8 Å². The third-order valence-corrected chi connectivity index (χ3v) is 3.12. The Hall–Kier alpha value is -1.78. The van der Waals surface area contributed by atoms with E-state index in [1.165, 1.54) is 0 Å². The maximum absolute atomic E-state index is 5.81. The van der Waals surface area contributed by atoms with Gasteiger partial charge in [0.15, 0.2) is 5.65 Å². The van der Waals surface area contributed by atoms with Gasteiger partial charge in [0.2, 0.25) is 0 Å². The predicted molar refractivity (Wildman–Crippen MR) is 74.7 cm³/mol. The van der Waals surface area contributed by atoms with Gasteiger partial charge in [-0.3, -0.25) is 5.10 Å². The molecule has 0 saturated heterocycles. The lowest BCUT2D eigenvalue weighted by molar-refractivity contribution is 0.302. The molecule has 1 N–H and O–H groups in total. The van der Waals surface area contributed by atoms with Crippen molar-refractivity contribution < 1.29 is 4.74 Å². The van der Waals surface area contributed by atoms with Crippen molar-refractivity contribution in [3.63, 3.8) is 0 Å². The summed E-state index contributed by atoms with van der Waals surface area (Å²) in [6, 6.07) is 10.8. The first-order valence-corrected chi connectivity index (χ1v) is 6.36. The molecule has 0 atom stereocenters. The first-order chi connectivity index (χ1) is 9.22. The molecule has 0 spiro atoms. The Kier molecular flexibility index (Phi) is 3.27. The van der Waals surface area contributed by atoms with Crippen LogP contribution in [-0.2, 0) is 6.61 Å². The van der Waals surface area contributed by atoms with E-state index in [1.54, 1.807) is 18.2 Å².